The summed E-state index contributed by atoms with van der Waals surface area (Å²) in [4.78, 5) is 16.9. The minimum Gasteiger partial charge on any atom is -0.354 e. The number of carbonyl (C=O) groups is 1. The number of hydrogen-bond acceptors (Lipinski definition) is 5. The predicted octanol–water partition coefficient (Wildman–Crippen LogP) is 2.20. The average molecular weight is 394 g/mol. The van der Waals surface area contributed by atoms with E-state index in [0.29, 0.717) is 25.9 Å². The fourth-order valence-electron chi connectivity index (χ4n) is 3.08. The normalized spacial score (nSPS) is 18.2. The molecule has 1 atom stereocenters. The highest BCUT2D eigenvalue weighted by atomic mass is 32.2. The number of benzene rings is 1. The molecule has 26 heavy (non-hydrogen) atoms. The number of aryl methyl sites for hydroxylation is 1. The minimum atomic E-state index is -3.34. The monoisotopic (exact) mass is 393 g/mol. The maximum absolute atomic E-state index is 12.3. The van der Waals surface area contributed by atoms with Crippen LogP contribution in [0.15, 0.2) is 29.6 Å². The standard InChI is InChI=1S/C18H23N3O3S2/c1-13-5-7-14(8-6-13)18-20-15(12-25-18)9-10-19-17(22)16-4-3-11-21(16)26(2,23)24/h5-8,12,16H,3-4,9-11H2,1-2H3,(H,19,22). The molecule has 140 valence electrons. The number of sulfonamides is 1. The smallest absolute Gasteiger partial charge is 0.238 e. The van der Waals surface area contributed by atoms with Crippen LogP contribution in [0.5, 0.6) is 0 Å². The van der Waals surface area contributed by atoms with Gasteiger partial charge in [0.1, 0.15) is 11.0 Å². The summed E-state index contributed by atoms with van der Waals surface area (Å²) >= 11 is 1.59. The van der Waals surface area contributed by atoms with Crippen LogP contribution in [0.1, 0.15) is 24.1 Å². The van der Waals surface area contributed by atoms with Gasteiger partial charge in [-0.05, 0) is 19.8 Å². The Bertz CT molecular complexity index is 875. The molecular weight excluding hydrogens is 370 g/mol. The number of hydrogen-bond donors (Lipinski definition) is 1. The second-order valence-electron chi connectivity index (χ2n) is 6.58. The average Bonchev–Trinajstić information content (AvgIpc) is 3.24. The van der Waals surface area contributed by atoms with Crippen molar-refractivity contribution >= 4 is 27.3 Å². The van der Waals surface area contributed by atoms with E-state index in [9.17, 15) is 13.2 Å². The van der Waals surface area contributed by atoms with Gasteiger partial charge in [0.25, 0.3) is 0 Å². The summed E-state index contributed by atoms with van der Waals surface area (Å²) in [5.74, 6) is -0.220. The van der Waals surface area contributed by atoms with Crippen molar-refractivity contribution < 1.29 is 13.2 Å². The van der Waals surface area contributed by atoms with Crippen molar-refractivity contribution in [3.8, 4) is 10.6 Å². The topological polar surface area (TPSA) is 79.4 Å². The molecule has 1 N–H and O–H groups in total. The molecule has 2 aromatic rings. The van der Waals surface area contributed by atoms with Gasteiger partial charge < -0.3 is 5.32 Å². The molecule has 1 amide bonds. The van der Waals surface area contributed by atoms with Crippen molar-refractivity contribution in [2.45, 2.75) is 32.2 Å². The van der Waals surface area contributed by atoms with E-state index < -0.39 is 16.1 Å². The summed E-state index contributed by atoms with van der Waals surface area (Å²) in [7, 11) is -3.34. The number of nitrogens with one attached hydrogen (secondary N) is 1. The van der Waals surface area contributed by atoms with E-state index in [2.05, 4.69) is 41.5 Å². The molecule has 1 unspecified atom stereocenters. The molecule has 3 rings (SSSR count). The maximum atomic E-state index is 12.3. The van der Waals surface area contributed by atoms with Gasteiger partial charge in [0.2, 0.25) is 15.9 Å². The molecule has 0 bridgehead atoms. The fraction of sp³-hybridized carbons (Fsp3) is 0.444. The van der Waals surface area contributed by atoms with Gasteiger partial charge in [-0.15, -0.1) is 11.3 Å². The van der Waals surface area contributed by atoms with Crippen molar-refractivity contribution in [2.24, 2.45) is 0 Å². The van der Waals surface area contributed by atoms with Gasteiger partial charge in [-0.25, -0.2) is 13.4 Å². The van der Waals surface area contributed by atoms with Gasteiger partial charge in [-0.1, -0.05) is 29.8 Å². The van der Waals surface area contributed by atoms with E-state index in [1.807, 2.05) is 5.38 Å². The Morgan fingerprint density at radius 1 is 1.35 bits per heavy atom. The lowest BCUT2D eigenvalue weighted by Gasteiger charge is -2.21. The molecule has 1 aromatic carbocycles. The molecule has 2 heterocycles. The Balaban J connectivity index is 1.54. The Kier molecular flexibility index (Phi) is 5.74. The van der Waals surface area contributed by atoms with Crippen LogP contribution in [0.3, 0.4) is 0 Å². The van der Waals surface area contributed by atoms with E-state index in [4.69, 9.17) is 0 Å². The van der Waals surface area contributed by atoms with Crippen molar-refractivity contribution in [1.82, 2.24) is 14.6 Å². The lowest BCUT2D eigenvalue weighted by atomic mass is 10.2. The second kappa shape index (κ2) is 7.85. The zero-order valence-electron chi connectivity index (χ0n) is 14.9. The van der Waals surface area contributed by atoms with Gasteiger partial charge in [-0.3, -0.25) is 4.79 Å². The lowest BCUT2D eigenvalue weighted by molar-refractivity contribution is -0.124. The molecule has 1 saturated heterocycles. The Morgan fingerprint density at radius 3 is 2.77 bits per heavy atom. The summed E-state index contributed by atoms with van der Waals surface area (Å²) in [6.07, 6.45) is 3.07. The number of rotatable bonds is 6. The fourth-order valence-corrected chi connectivity index (χ4v) is 5.07. The number of thiazole rings is 1. The molecule has 1 aromatic heterocycles. The first-order valence-electron chi connectivity index (χ1n) is 8.60. The molecule has 0 aliphatic carbocycles. The van der Waals surface area contributed by atoms with Crippen molar-refractivity contribution in [3.63, 3.8) is 0 Å². The maximum Gasteiger partial charge on any atom is 0.238 e. The van der Waals surface area contributed by atoms with E-state index in [1.54, 1.807) is 11.3 Å². The van der Waals surface area contributed by atoms with Crippen LogP contribution in [0, 0.1) is 6.92 Å². The van der Waals surface area contributed by atoms with Gasteiger partial charge in [0, 0.05) is 30.5 Å². The van der Waals surface area contributed by atoms with Gasteiger partial charge >= 0.3 is 0 Å². The molecule has 8 heteroatoms. The van der Waals surface area contributed by atoms with E-state index in [0.717, 1.165) is 28.9 Å². The Hall–Kier alpha value is -1.77. The number of amides is 1. The first-order chi connectivity index (χ1) is 12.3. The summed E-state index contributed by atoms with van der Waals surface area (Å²) in [5, 5.41) is 5.81. The summed E-state index contributed by atoms with van der Waals surface area (Å²) in [5.41, 5.74) is 3.23. The highest BCUT2D eigenvalue weighted by Crippen LogP contribution is 2.24. The molecule has 0 radical (unpaired) electrons. The van der Waals surface area contributed by atoms with Gasteiger partial charge in [0.05, 0.1) is 11.9 Å². The molecule has 6 nitrogen and oxygen atoms in total. The molecule has 0 saturated carbocycles. The number of nitrogens with zero attached hydrogens (tertiary/aromatic N) is 2. The molecule has 1 aliphatic heterocycles. The highest BCUT2D eigenvalue weighted by Gasteiger charge is 2.36. The summed E-state index contributed by atoms with van der Waals surface area (Å²) in [6.45, 7) is 2.92. The van der Waals surface area contributed by atoms with Gasteiger partial charge in [0.15, 0.2) is 0 Å². The SMILES string of the molecule is Cc1ccc(-c2nc(CCNC(=O)C3CCCN3S(C)(=O)=O)cs2)cc1. The third kappa shape index (κ3) is 4.49. The van der Waals surface area contributed by atoms with Crippen LogP contribution >= 0.6 is 11.3 Å². The number of carbonyl (C=O) groups excluding carboxylic acids is 1. The van der Waals surface area contributed by atoms with Gasteiger partial charge in [-0.2, -0.15) is 4.31 Å². The molecular formula is C18H23N3O3S2. The van der Waals surface area contributed by atoms with Crippen molar-refractivity contribution in [3.05, 3.63) is 40.9 Å². The van der Waals surface area contributed by atoms with Crippen molar-refractivity contribution in [1.29, 1.82) is 0 Å². The van der Waals surface area contributed by atoms with Crippen LogP contribution in [0.4, 0.5) is 0 Å². The summed E-state index contributed by atoms with van der Waals surface area (Å²) < 4.78 is 24.8. The highest BCUT2D eigenvalue weighted by molar-refractivity contribution is 7.88. The van der Waals surface area contributed by atoms with Crippen molar-refractivity contribution in [2.75, 3.05) is 19.3 Å². The van der Waals surface area contributed by atoms with E-state index in [-0.39, 0.29) is 5.91 Å². The third-order valence-corrected chi connectivity index (χ3v) is 6.69. The second-order valence-corrected chi connectivity index (χ2v) is 9.38. The number of aromatic nitrogens is 1. The van der Waals surface area contributed by atoms with E-state index in [1.165, 1.54) is 9.87 Å². The lowest BCUT2D eigenvalue weighted by Crippen LogP contribution is -2.45. The molecule has 1 aliphatic rings. The van der Waals surface area contributed by atoms with E-state index >= 15 is 0 Å². The largest absolute Gasteiger partial charge is 0.354 e. The first-order valence-corrected chi connectivity index (χ1v) is 11.3. The third-order valence-electron chi connectivity index (χ3n) is 4.46. The van der Waals surface area contributed by atoms with Crippen LogP contribution in [-0.4, -0.2) is 49.0 Å². The van der Waals surface area contributed by atoms with Crippen LogP contribution in [0.25, 0.3) is 10.6 Å². The Morgan fingerprint density at radius 2 is 2.08 bits per heavy atom. The van der Waals surface area contributed by atoms with Crippen LogP contribution < -0.4 is 5.32 Å². The molecule has 0 spiro atoms. The zero-order valence-corrected chi connectivity index (χ0v) is 16.6. The van der Waals surface area contributed by atoms with Crippen LogP contribution in [0.2, 0.25) is 0 Å². The Labute approximate surface area is 158 Å². The molecule has 1 fully saturated rings. The quantitative estimate of drug-likeness (QED) is 0.816. The predicted molar refractivity (Wildman–Crippen MR) is 104 cm³/mol. The minimum absolute atomic E-state index is 0.220. The van der Waals surface area contributed by atoms with Crippen LogP contribution in [-0.2, 0) is 21.2 Å². The summed E-state index contributed by atoms with van der Waals surface area (Å²) in [6, 6.07) is 7.65. The zero-order chi connectivity index (χ0) is 18.7. The first kappa shape index (κ1) is 19.0.